The molecule has 0 aliphatic rings. The van der Waals surface area contributed by atoms with Gasteiger partial charge < -0.3 is 5.32 Å². The summed E-state index contributed by atoms with van der Waals surface area (Å²) in [6.45, 7) is 2.90. The highest BCUT2D eigenvalue weighted by atomic mass is 79.9. The van der Waals surface area contributed by atoms with Crippen LogP contribution < -0.4 is 5.32 Å². The number of hydrogen-bond donors (Lipinski definition) is 1. The van der Waals surface area contributed by atoms with Gasteiger partial charge in [0.05, 0.1) is 17.8 Å². The topological polar surface area (TPSA) is 29.9 Å². The SMILES string of the molecule is CCn1nccc1CNc1ccc(Br)cc1C(F)(F)F. The van der Waals surface area contributed by atoms with E-state index in [4.69, 9.17) is 0 Å². The van der Waals surface area contributed by atoms with Gasteiger partial charge >= 0.3 is 6.18 Å². The highest BCUT2D eigenvalue weighted by Gasteiger charge is 2.33. The summed E-state index contributed by atoms with van der Waals surface area (Å²) in [7, 11) is 0. The van der Waals surface area contributed by atoms with Crippen LogP contribution in [0, 0.1) is 0 Å². The third kappa shape index (κ3) is 3.33. The number of halogens is 4. The van der Waals surface area contributed by atoms with Crippen molar-refractivity contribution in [1.82, 2.24) is 9.78 Å². The van der Waals surface area contributed by atoms with Gasteiger partial charge in [0.2, 0.25) is 0 Å². The number of nitrogens with zero attached hydrogens (tertiary/aromatic N) is 2. The molecule has 0 saturated heterocycles. The minimum Gasteiger partial charge on any atom is -0.379 e. The Morgan fingerprint density at radius 2 is 2.05 bits per heavy atom. The predicted molar refractivity (Wildman–Crippen MR) is 74.4 cm³/mol. The second kappa shape index (κ2) is 5.87. The van der Waals surface area contributed by atoms with Gasteiger partial charge in [-0.05, 0) is 31.2 Å². The molecule has 0 spiro atoms. The van der Waals surface area contributed by atoms with Gasteiger partial charge in [-0.2, -0.15) is 18.3 Å². The normalized spacial score (nSPS) is 11.7. The fourth-order valence-electron chi connectivity index (χ4n) is 1.89. The van der Waals surface area contributed by atoms with Gasteiger partial charge in [-0.15, -0.1) is 0 Å². The standard InChI is InChI=1S/C13H13BrF3N3/c1-2-20-10(5-6-19-20)8-18-12-4-3-9(14)7-11(12)13(15,16)17/h3-7,18H,2,8H2,1H3. The number of aromatic nitrogens is 2. The molecule has 2 aromatic rings. The van der Waals surface area contributed by atoms with Crippen molar-refractivity contribution in [2.45, 2.75) is 26.2 Å². The van der Waals surface area contributed by atoms with Crippen LogP contribution in [0.5, 0.6) is 0 Å². The number of alkyl halides is 3. The van der Waals surface area contributed by atoms with E-state index in [1.807, 2.05) is 6.92 Å². The summed E-state index contributed by atoms with van der Waals surface area (Å²) in [6, 6.07) is 5.84. The number of hydrogen-bond acceptors (Lipinski definition) is 2. The average Bonchev–Trinajstić information content (AvgIpc) is 2.83. The third-order valence-electron chi connectivity index (χ3n) is 2.85. The van der Waals surface area contributed by atoms with E-state index in [-0.39, 0.29) is 5.69 Å². The van der Waals surface area contributed by atoms with E-state index in [1.165, 1.54) is 6.07 Å². The molecule has 108 valence electrons. The lowest BCUT2D eigenvalue weighted by molar-refractivity contribution is -0.137. The molecule has 1 aromatic heterocycles. The van der Waals surface area contributed by atoms with Gasteiger partial charge in [-0.25, -0.2) is 0 Å². The molecule has 0 bridgehead atoms. The second-order valence-corrected chi connectivity index (χ2v) is 5.10. The van der Waals surface area contributed by atoms with Crippen molar-refractivity contribution < 1.29 is 13.2 Å². The van der Waals surface area contributed by atoms with Gasteiger partial charge in [0.25, 0.3) is 0 Å². The number of anilines is 1. The number of nitrogens with one attached hydrogen (secondary N) is 1. The molecule has 3 nitrogen and oxygen atoms in total. The quantitative estimate of drug-likeness (QED) is 0.893. The van der Waals surface area contributed by atoms with Gasteiger partial charge in [0.1, 0.15) is 0 Å². The largest absolute Gasteiger partial charge is 0.418 e. The van der Waals surface area contributed by atoms with Crippen LogP contribution in [-0.4, -0.2) is 9.78 Å². The zero-order chi connectivity index (χ0) is 14.8. The lowest BCUT2D eigenvalue weighted by Gasteiger charge is -2.15. The van der Waals surface area contributed by atoms with E-state index in [1.54, 1.807) is 23.0 Å². The Balaban J connectivity index is 2.22. The summed E-state index contributed by atoms with van der Waals surface area (Å²) in [5.74, 6) is 0. The fourth-order valence-corrected chi connectivity index (χ4v) is 2.25. The first kappa shape index (κ1) is 14.9. The van der Waals surface area contributed by atoms with Crippen LogP contribution in [0.4, 0.5) is 18.9 Å². The summed E-state index contributed by atoms with van der Waals surface area (Å²) in [4.78, 5) is 0. The molecule has 0 unspecified atom stereocenters. The molecular weight excluding hydrogens is 335 g/mol. The molecular formula is C13H13BrF3N3. The third-order valence-corrected chi connectivity index (χ3v) is 3.34. The molecule has 1 N–H and O–H groups in total. The summed E-state index contributed by atoms with van der Waals surface area (Å²) in [5, 5.41) is 6.90. The molecule has 0 aliphatic heterocycles. The van der Waals surface area contributed by atoms with Crippen molar-refractivity contribution in [3.8, 4) is 0 Å². The Labute approximate surface area is 122 Å². The van der Waals surface area contributed by atoms with E-state index in [9.17, 15) is 13.2 Å². The van der Waals surface area contributed by atoms with E-state index in [0.29, 0.717) is 17.6 Å². The second-order valence-electron chi connectivity index (χ2n) is 4.18. The lowest BCUT2D eigenvalue weighted by atomic mass is 10.1. The van der Waals surface area contributed by atoms with E-state index < -0.39 is 11.7 Å². The Morgan fingerprint density at radius 1 is 1.30 bits per heavy atom. The summed E-state index contributed by atoms with van der Waals surface area (Å²) < 4.78 is 41.0. The number of rotatable bonds is 4. The average molecular weight is 348 g/mol. The Hall–Kier alpha value is -1.50. The molecule has 1 heterocycles. The molecule has 0 atom stereocenters. The van der Waals surface area contributed by atoms with Crippen molar-refractivity contribution in [2.75, 3.05) is 5.32 Å². The fraction of sp³-hybridized carbons (Fsp3) is 0.308. The van der Waals surface area contributed by atoms with E-state index in [0.717, 1.165) is 11.8 Å². The summed E-state index contributed by atoms with van der Waals surface area (Å²) in [5.41, 5.74) is 0.211. The first-order valence-corrected chi connectivity index (χ1v) is 6.82. The Bertz CT molecular complexity index is 593. The van der Waals surface area contributed by atoms with Crippen LogP contribution in [0.25, 0.3) is 0 Å². The van der Waals surface area contributed by atoms with Crippen LogP contribution in [0.3, 0.4) is 0 Å². The Morgan fingerprint density at radius 3 is 2.70 bits per heavy atom. The minimum atomic E-state index is -4.39. The van der Waals surface area contributed by atoms with Gasteiger partial charge in [-0.1, -0.05) is 15.9 Å². The smallest absolute Gasteiger partial charge is 0.379 e. The number of benzene rings is 1. The van der Waals surface area contributed by atoms with Crippen molar-refractivity contribution in [2.24, 2.45) is 0 Å². The van der Waals surface area contributed by atoms with Crippen molar-refractivity contribution in [1.29, 1.82) is 0 Å². The zero-order valence-corrected chi connectivity index (χ0v) is 12.3. The maximum absolute atomic E-state index is 13.0. The van der Waals surface area contributed by atoms with Crippen molar-refractivity contribution in [3.05, 3.63) is 46.2 Å². The molecule has 2 rings (SSSR count). The first-order chi connectivity index (χ1) is 9.41. The molecule has 0 saturated carbocycles. The molecule has 0 fully saturated rings. The molecule has 1 aromatic carbocycles. The lowest BCUT2D eigenvalue weighted by Crippen LogP contribution is -2.13. The van der Waals surface area contributed by atoms with Gasteiger partial charge in [0, 0.05) is 22.9 Å². The monoisotopic (exact) mass is 347 g/mol. The molecule has 7 heteroatoms. The van der Waals surface area contributed by atoms with Crippen LogP contribution in [0.15, 0.2) is 34.9 Å². The maximum atomic E-state index is 13.0. The molecule has 20 heavy (non-hydrogen) atoms. The molecule has 0 amide bonds. The van der Waals surface area contributed by atoms with Gasteiger partial charge in [-0.3, -0.25) is 4.68 Å². The predicted octanol–water partition coefficient (Wildman–Crippen LogP) is 4.30. The van der Waals surface area contributed by atoms with Crippen LogP contribution in [-0.2, 0) is 19.3 Å². The minimum absolute atomic E-state index is 0.0598. The van der Waals surface area contributed by atoms with Crippen LogP contribution in [0.1, 0.15) is 18.2 Å². The maximum Gasteiger partial charge on any atom is 0.418 e. The first-order valence-electron chi connectivity index (χ1n) is 6.03. The van der Waals surface area contributed by atoms with Gasteiger partial charge in [0.15, 0.2) is 0 Å². The van der Waals surface area contributed by atoms with E-state index in [2.05, 4.69) is 26.3 Å². The highest BCUT2D eigenvalue weighted by molar-refractivity contribution is 9.10. The van der Waals surface area contributed by atoms with Crippen LogP contribution in [0.2, 0.25) is 0 Å². The molecule has 0 radical (unpaired) electrons. The highest BCUT2D eigenvalue weighted by Crippen LogP contribution is 2.36. The Kier molecular flexibility index (Phi) is 4.37. The summed E-state index contributed by atoms with van der Waals surface area (Å²) >= 11 is 3.06. The number of aryl methyl sites for hydroxylation is 1. The van der Waals surface area contributed by atoms with Crippen molar-refractivity contribution in [3.63, 3.8) is 0 Å². The summed E-state index contributed by atoms with van der Waals surface area (Å²) in [6.07, 6.45) is -2.76. The molecule has 0 aliphatic carbocycles. The zero-order valence-electron chi connectivity index (χ0n) is 10.7. The van der Waals surface area contributed by atoms with Crippen LogP contribution >= 0.6 is 15.9 Å². The van der Waals surface area contributed by atoms with Crippen molar-refractivity contribution >= 4 is 21.6 Å². The van der Waals surface area contributed by atoms with E-state index >= 15 is 0 Å².